The molecule has 4 aromatic carbocycles. The molecule has 2 amide bonds. The number of benzene rings is 4. The number of primary amides is 1. The lowest BCUT2D eigenvalue weighted by Crippen LogP contribution is -2.65. The number of nitrogens with zero attached hydrogens (tertiary/aromatic N) is 2. The molecular weight excluding hydrogens is 912 g/mol. The molecule has 12 nitrogen and oxygen atoms in total. The predicted molar refractivity (Wildman–Crippen MR) is 287 cm³/mol. The number of nitrogens with two attached hydrogens (primary N) is 1. The van der Waals surface area contributed by atoms with Crippen molar-refractivity contribution in [2.45, 2.75) is 124 Å². The van der Waals surface area contributed by atoms with Crippen molar-refractivity contribution in [2.24, 2.45) is 17.6 Å². The number of phenols is 1. The Morgan fingerprint density at radius 3 is 1.62 bits per heavy atom. The van der Waals surface area contributed by atoms with Crippen molar-refractivity contribution in [3.05, 3.63) is 122 Å². The standard InChI is InChI=1S/C58H73N4O8P/c1-33-21-34(2)25-40(24-33)71(41-26-35(3)22-36(4)27-41,42-28-37(5)23-38(6)29-42)20-18-16-14-12-11-13-15-17-19-47(63)60-45-32-46(61(7)8)43-30-39-31-44-51(62(9)10)54(66)50(57(59)69)56(68)58(44,70)55(67)48(39)53(65)49(43)52(45)64/h21-29,32,39,44,51,70H,11-20,30-31H2,1-10H3,(H5-,59,60,63,64,65,66,67,68,69)/p+1/t39-,44-,51-,58-/m0/s1. The minimum absolute atomic E-state index is 0.0174. The zero-order valence-electron chi connectivity index (χ0n) is 43.3. The molecule has 7 N–H and O–H groups in total. The van der Waals surface area contributed by atoms with Gasteiger partial charge in [0.25, 0.3) is 5.91 Å². The van der Waals surface area contributed by atoms with Crippen LogP contribution in [0.1, 0.15) is 109 Å². The number of carbonyl (C=O) groups excluding carboxylic acids is 4. The predicted octanol–water partition coefficient (Wildman–Crippen LogP) is 8.32. The summed E-state index contributed by atoms with van der Waals surface area (Å²) in [6, 6.07) is 21.9. The number of likely N-dealkylation sites (N-methyl/N-ethyl adjacent to an activating group) is 1. The molecule has 0 aromatic heterocycles. The minimum Gasteiger partial charge on any atom is -0.508 e. The van der Waals surface area contributed by atoms with Crippen LogP contribution in [0, 0.1) is 53.4 Å². The van der Waals surface area contributed by atoms with Gasteiger partial charge in [-0.2, -0.15) is 0 Å². The molecule has 378 valence electrons. The van der Waals surface area contributed by atoms with Crippen LogP contribution in [-0.2, 0) is 25.6 Å². The Morgan fingerprint density at radius 1 is 0.704 bits per heavy atom. The number of aliphatic hydroxyl groups is 3. The Bertz CT molecular complexity index is 2660. The highest BCUT2D eigenvalue weighted by Gasteiger charge is 2.64. The molecule has 0 heterocycles. The van der Waals surface area contributed by atoms with E-state index >= 15 is 0 Å². The van der Waals surface area contributed by atoms with E-state index in [4.69, 9.17) is 5.73 Å². The van der Waals surface area contributed by atoms with E-state index in [9.17, 15) is 39.6 Å². The number of anilines is 2. The van der Waals surface area contributed by atoms with E-state index in [1.54, 1.807) is 39.2 Å². The number of fused-ring (bicyclic) bond motifs is 3. The van der Waals surface area contributed by atoms with Gasteiger partial charge >= 0.3 is 0 Å². The molecule has 13 heteroatoms. The number of nitrogens with one attached hydrogen (secondary N) is 1. The normalized spacial score (nSPS) is 20.0. The fourth-order valence-electron chi connectivity index (χ4n) is 12.0. The summed E-state index contributed by atoms with van der Waals surface area (Å²) in [6.07, 6.45) is 9.53. The maximum Gasteiger partial charge on any atom is 0.255 e. The Kier molecular flexibility index (Phi) is 15.8. The van der Waals surface area contributed by atoms with Gasteiger partial charge < -0.3 is 36.4 Å². The molecule has 3 aliphatic rings. The Balaban J connectivity index is 0.984. The van der Waals surface area contributed by atoms with Gasteiger partial charge in [0.2, 0.25) is 11.7 Å². The second-order valence-electron chi connectivity index (χ2n) is 21.2. The zero-order valence-corrected chi connectivity index (χ0v) is 44.2. The summed E-state index contributed by atoms with van der Waals surface area (Å²) in [6.45, 7) is 13.3. The van der Waals surface area contributed by atoms with Crippen LogP contribution in [0.5, 0.6) is 5.75 Å². The molecule has 0 saturated heterocycles. The SMILES string of the molecule is Cc1cc(C)cc([P+](CCCCCCCCCCC(=O)Nc2cc(N(C)C)c3c(c2O)C(O)=C2C(=O)[C@]4(O)C(O)=C(C(N)=O)C(=O)[C@@H](N(C)C)[C@@H]4C[C@@H]2C3)(c2cc(C)cc(C)c2)c2cc(C)cc(C)c2)c1. The Morgan fingerprint density at radius 2 is 1.17 bits per heavy atom. The first-order chi connectivity index (χ1) is 33.5. The molecule has 1 fully saturated rings. The second-order valence-corrected chi connectivity index (χ2v) is 24.8. The van der Waals surface area contributed by atoms with Gasteiger partial charge in [-0.1, -0.05) is 50.3 Å². The third kappa shape index (κ3) is 10.2. The van der Waals surface area contributed by atoms with Crippen molar-refractivity contribution in [1.29, 1.82) is 0 Å². The maximum atomic E-state index is 14.4. The summed E-state index contributed by atoms with van der Waals surface area (Å²) >= 11 is 0. The fraction of sp³-hybridized carbons (Fsp3) is 0.448. The van der Waals surface area contributed by atoms with Gasteiger partial charge in [-0.3, -0.25) is 24.1 Å². The molecule has 3 aliphatic carbocycles. The van der Waals surface area contributed by atoms with E-state index in [-0.39, 0.29) is 42.0 Å². The molecule has 0 radical (unpaired) electrons. The number of unbranched alkanes of at least 4 members (excludes halogenated alkanes) is 7. The van der Waals surface area contributed by atoms with Gasteiger partial charge in [0.1, 0.15) is 46.0 Å². The average Bonchev–Trinajstić information content (AvgIpc) is 3.26. The summed E-state index contributed by atoms with van der Waals surface area (Å²) in [7, 11) is 4.70. The number of Topliss-reactive ketones (excluding diaryl/α,β-unsaturated/α-hetero) is 2. The summed E-state index contributed by atoms with van der Waals surface area (Å²) in [4.78, 5) is 56.9. The largest absolute Gasteiger partial charge is 0.508 e. The first kappa shape index (κ1) is 53.0. The minimum atomic E-state index is -2.74. The topological polar surface area (TPSA) is 194 Å². The molecule has 1 saturated carbocycles. The van der Waals surface area contributed by atoms with E-state index in [2.05, 4.69) is 101 Å². The molecule has 0 spiro atoms. The van der Waals surface area contributed by atoms with Crippen LogP contribution < -0.4 is 31.9 Å². The van der Waals surface area contributed by atoms with Crippen LogP contribution in [0.25, 0.3) is 5.76 Å². The zero-order chi connectivity index (χ0) is 51.9. The highest BCUT2D eigenvalue weighted by atomic mass is 31.2. The molecule has 71 heavy (non-hydrogen) atoms. The Labute approximate surface area is 420 Å². The van der Waals surface area contributed by atoms with E-state index in [1.807, 2.05) is 0 Å². The van der Waals surface area contributed by atoms with Crippen LogP contribution in [0.4, 0.5) is 11.4 Å². The summed E-state index contributed by atoms with van der Waals surface area (Å²) in [5.74, 6) is -7.58. The third-order valence-electron chi connectivity index (χ3n) is 15.0. The number of aliphatic hydroxyl groups excluding tert-OH is 2. The molecular formula is C58H74N4O8P+. The molecule has 4 atom stereocenters. The van der Waals surface area contributed by atoms with Crippen molar-refractivity contribution >= 4 is 63.7 Å². The molecule has 7 rings (SSSR count). The van der Waals surface area contributed by atoms with Crippen molar-refractivity contribution in [1.82, 2.24) is 4.90 Å². The molecule has 0 unspecified atom stereocenters. The first-order valence-corrected chi connectivity index (χ1v) is 27.1. The van der Waals surface area contributed by atoms with Gasteiger partial charge in [-0.05, 0) is 175 Å². The second kappa shape index (κ2) is 21.1. The maximum absolute atomic E-state index is 14.4. The van der Waals surface area contributed by atoms with E-state index in [0.717, 1.165) is 51.1 Å². The van der Waals surface area contributed by atoms with E-state index in [1.165, 1.54) is 54.2 Å². The van der Waals surface area contributed by atoms with Crippen LogP contribution in [-0.4, -0.2) is 94.7 Å². The van der Waals surface area contributed by atoms with Gasteiger partial charge in [0.15, 0.2) is 11.4 Å². The van der Waals surface area contributed by atoms with E-state index in [0.29, 0.717) is 17.7 Å². The van der Waals surface area contributed by atoms with Gasteiger partial charge in [-0.25, -0.2) is 0 Å². The summed E-state index contributed by atoms with van der Waals surface area (Å²) < 4.78 is 0. The molecule has 0 bridgehead atoms. The third-order valence-corrected chi connectivity index (χ3v) is 19.4. The number of amides is 2. The van der Waals surface area contributed by atoms with Crippen LogP contribution in [0.3, 0.4) is 0 Å². The van der Waals surface area contributed by atoms with E-state index < -0.39 is 71.1 Å². The van der Waals surface area contributed by atoms with Crippen molar-refractivity contribution in [3.8, 4) is 5.75 Å². The number of phenolic OH excluding ortho intramolecular Hbond substituents is 1. The molecule has 4 aromatic rings. The Hall–Kier alpha value is -5.81. The van der Waals surface area contributed by atoms with Crippen molar-refractivity contribution in [3.63, 3.8) is 0 Å². The van der Waals surface area contributed by atoms with Gasteiger partial charge in [0, 0.05) is 37.7 Å². The number of ketones is 2. The smallest absolute Gasteiger partial charge is 0.255 e. The highest BCUT2D eigenvalue weighted by molar-refractivity contribution is 7.95. The number of carbonyl (C=O) groups is 4. The highest BCUT2D eigenvalue weighted by Crippen LogP contribution is 2.58. The lowest BCUT2D eigenvalue weighted by atomic mass is 9.57. The van der Waals surface area contributed by atoms with Crippen LogP contribution in [0.15, 0.2) is 77.6 Å². The molecule has 0 aliphatic heterocycles. The number of hydrogen-bond donors (Lipinski definition) is 6. The quantitative estimate of drug-likeness (QED) is 0.0244. The van der Waals surface area contributed by atoms with Crippen molar-refractivity contribution < 1.29 is 39.6 Å². The van der Waals surface area contributed by atoms with Gasteiger partial charge in [0.05, 0.1) is 23.5 Å². The summed E-state index contributed by atoms with van der Waals surface area (Å²) in [5, 5.41) is 54.0. The lowest BCUT2D eigenvalue weighted by molar-refractivity contribution is -0.153. The number of aromatic hydroxyl groups is 1. The monoisotopic (exact) mass is 986 g/mol. The van der Waals surface area contributed by atoms with Gasteiger partial charge in [-0.15, -0.1) is 0 Å². The van der Waals surface area contributed by atoms with Crippen LogP contribution in [0.2, 0.25) is 0 Å². The van der Waals surface area contributed by atoms with Crippen molar-refractivity contribution in [2.75, 3.05) is 44.6 Å². The fourth-order valence-corrected chi connectivity index (χ4v) is 17.0. The lowest BCUT2D eigenvalue weighted by Gasteiger charge is -2.50. The summed E-state index contributed by atoms with van der Waals surface area (Å²) in [5.41, 5.74) is 10.5. The number of hydrogen-bond acceptors (Lipinski definition) is 10. The number of aryl methyl sites for hydroxylation is 6. The average molecular weight is 986 g/mol. The first-order valence-electron chi connectivity index (χ1n) is 25.2. The number of rotatable bonds is 18. The van der Waals surface area contributed by atoms with Crippen LogP contribution >= 0.6 is 7.26 Å².